The van der Waals surface area contributed by atoms with E-state index in [4.69, 9.17) is 9.47 Å². The molecule has 0 saturated heterocycles. The summed E-state index contributed by atoms with van der Waals surface area (Å²) >= 11 is 0. The lowest BCUT2D eigenvalue weighted by Gasteiger charge is -2.11. The normalized spacial score (nSPS) is 10.2. The molecule has 0 fully saturated rings. The number of ether oxygens (including phenoxy) is 3. The van der Waals surface area contributed by atoms with E-state index in [1.807, 2.05) is 25.1 Å². The number of benzene rings is 2. The first-order valence-corrected chi connectivity index (χ1v) is 8.49. The van der Waals surface area contributed by atoms with Crippen LogP contribution in [0, 0.1) is 0 Å². The van der Waals surface area contributed by atoms with Crippen molar-refractivity contribution in [2.45, 2.75) is 19.8 Å². The molecule has 0 aromatic heterocycles. The first-order valence-electron chi connectivity index (χ1n) is 8.49. The highest BCUT2D eigenvalue weighted by Gasteiger charge is 2.12. The molecule has 0 unspecified atom stereocenters. The zero-order valence-corrected chi connectivity index (χ0v) is 15.6. The van der Waals surface area contributed by atoms with Gasteiger partial charge in [-0.05, 0) is 49.2 Å². The first-order chi connectivity index (χ1) is 13.0. The monoisotopic (exact) mass is 373 g/mol. The Morgan fingerprint density at radius 3 is 2.48 bits per heavy atom. The molecule has 0 saturated carbocycles. The van der Waals surface area contributed by atoms with Crippen molar-refractivity contribution in [2.75, 3.05) is 26.1 Å². The van der Waals surface area contributed by atoms with Gasteiger partial charge in [0, 0.05) is 6.42 Å². The molecular weight excluding hydrogens is 350 g/mol. The van der Waals surface area contributed by atoms with Crippen LogP contribution < -0.4 is 14.8 Å². The van der Waals surface area contributed by atoms with Crippen LogP contribution in [-0.2, 0) is 16.0 Å². The van der Waals surface area contributed by atoms with E-state index in [9.17, 15) is 14.7 Å². The van der Waals surface area contributed by atoms with Gasteiger partial charge < -0.3 is 24.6 Å². The summed E-state index contributed by atoms with van der Waals surface area (Å²) in [5.41, 5.74) is 1.36. The summed E-state index contributed by atoms with van der Waals surface area (Å²) in [6, 6.07) is 9.70. The van der Waals surface area contributed by atoms with E-state index < -0.39 is 5.97 Å². The molecule has 2 N–H and O–H groups in total. The van der Waals surface area contributed by atoms with Gasteiger partial charge in [-0.2, -0.15) is 0 Å². The van der Waals surface area contributed by atoms with Gasteiger partial charge >= 0.3 is 5.97 Å². The number of rotatable bonds is 8. The van der Waals surface area contributed by atoms with Gasteiger partial charge in [0.2, 0.25) is 5.91 Å². The molecule has 0 aliphatic rings. The molecule has 7 nitrogen and oxygen atoms in total. The lowest BCUT2D eigenvalue weighted by molar-refractivity contribution is -0.116. The summed E-state index contributed by atoms with van der Waals surface area (Å²) in [4.78, 5) is 23.6. The number of phenols is 1. The number of aryl methyl sites for hydroxylation is 1. The Morgan fingerprint density at radius 2 is 1.85 bits per heavy atom. The maximum Gasteiger partial charge on any atom is 0.337 e. The number of amides is 1. The molecule has 144 valence electrons. The SMILES string of the molecule is CCOc1ccc(CCC(=O)Nc2ccc(C(=O)OC)cc2O)cc1OC. The minimum absolute atomic E-state index is 0.200. The quantitative estimate of drug-likeness (QED) is 0.545. The zero-order chi connectivity index (χ0) is 19.8. The number of phenolic OH excluding ortho intramolecular Hbond substituents is 1. The van der Waals surface area contributed by atoms with Crippen molar-refractivity contribution < 1.29 is 28.9 Å². The second kappa shape index (κ2) is 9.47. The topological polar surface area (TPSA) is 94.1 Å². The zero-order valence-electron chi connectivity index (χ0n) is 15.6. The molecule has 0 radical (unpaired) electrons. The van der Waals surface area contributed by atoms with Crippen molar-refractivity contribution in [1.29, 1.82) is 0 Å². The van der Waals surface area contributed by atoms with Crippen molar-refractivity contribution >= 4 is 17.6 Å². The Morgan fingerprint density at radius 1 is 1.07 bits per heavy atom. The van der Waals surface area contributed by atoms with Crippen molar-refractivity contribution in [1.82, 2.24) is 0 Å². The van der Waals surface area contributed by atoms with Crippen LogP contribution in [0.15, 0.2) is 36.4 Å². The molecule has 2 aromatic rings. The summed E-state index contributed by atoms with van der Waals surface area (Å²) in [5, 5.41) is 12.6. The van der Waals surface area contributed by atoms with Crippen molar-refractivity contribution in [3.8, 4) is 17.2 Å². The molecule has 2 rings (SSSR count). The predicted octanol–water partition coefficient (Wildman–Crippen LogP) is 3.16. The van der Waals surface area contributed by atoms with Gasteiger partial charge in [-0.3, -0.25) is 4.79 Å². The number of esters is 1. The number of hydrogen-bond donors (Lipinski definition) is 2. The third kappa shape index (κ3) is 5.37. The second-order valence-electron chi connectivity index (χ2n) is 5.69. The molecule has 2 aromatic carbocycles. The number of methoxy groups -OCH3 is 2. The van der Waals surface area contributed by atoms with E-state index >= 15 is 0 Å². The third-order valence-electron chi connectivity index (χ3n) is 3.86. The van der Waals surface area contributed by atoms with Gasteiger partial charge in [-0.1, -0.05) is 6.07 Å². The second-order valence-corrected chi connectivity index (χ2v) is 5.69. The minimum atomic E-state index is -0.562. The highest BCUT2D eigenvalue weighted by atomic mass is 16.5. The Hall–Kier alpha value is -3.22. The Labute approximate surface area is 157 Å². The van der Waals surface area contributed by atoms with Crippen LogP contribution in [0.4, 0.5) is 5.69 Å². The number of anilines is 1. The van der Waals surface area contributed by atoms with Gasteiger partial charge in [0.25, 0.3) is 0 Å². The molecule has 0 atom stereocenters. The fourth-order valence-electron chi connectivity index (χ4n) is 2.49. The average molecular weight is 373 g/mol. The number of carbonyl (C=O) groups is 2. The Balaban J connectivity index is 1.97. The van der Waals surface area contributed by atoms with Crippen molar-refractivity contribution in [3.05, 3.63) is 47.5 Å². The lowest BCUT2D eigenvalue weighted by Crippen LogP contribution is -2.13. The van der Waals surface area contributed by atoms with E-state index in [1.54, 1.807) is 7.11 Å². The average Bonchev–Trinajstić information content (AvgIpc) is 2.68. The van der Waals surface area contributed by atoms with Crippen LogP contribution in [0.1, 0.15) is 29.3 Å². The van der Waals surface area contributed by atoms with E-state index in [1.165, 1.54) is 25.3 Å². The van der Waals surface area contributed by atoms with Gasteiger partial charge in [0.1, 0.15) is 5.75 Å². The summed E-state index contributed by atoms with van der Waals surface area (Å²) in [6.07, 6.45) is 0.713. The van der Waals surface area contributed by atoms with E-state index in [-0.39, 0.29) is 29.3 Å². The summed E-state index contributed by atoms with van der Waals surface area (Å²) in [5.74, 6) is 0.250. The van der Waals surface area contributed by atoms with Gasteiger partial charge in [-0.25, -0.2) is 4.79 Å². The molecule has 0 bridgehead atoms. The number of aromatic hydroxyl groups is 1. The first kappa shape index (κ1) is 20.1. The van der Waals surface area contributed by atoms with Gasteiger partial charge in [0.15, 0.2) is 11.5 Å². The lowest BCUT2D eigenvalue weighted by atomic mass is 10.1. The molecule has 0 spiro atoms. The summed E-state index contributed by atoms with van der Waals surface area (Å²) in [7, 11) is 2.82. The highest BCUT2D eigenvalue weighted by Crippen LogP contribution is 2.29. The molecule has 7 heteroatoms. The fourth-order valence-corrected chi connectivity index (χ4v) is 2.49. The standard InChI is InChI=1S/C20H23NO6/c1-4-27-17-9-5-13(11-18(17)25-2)6-10-19(23)21-15-8-7-14(12-16(15)22)20(24)26-3/h5,7-9,11-12,22H,4,6,10H2,1-3H3,(H,21,23). The largest absolute Gasteiger partial charge is 0.506 e. The van der Waals surface area contributed by atoms with Crippen molar-refractivity contribution in [3.63, 3.8) is 0 Å². The number of nitrogens with one attached hydrogen (secondary N) is 1. The predicted molar refractivity (Wildman–Crippen MR) is 101 cm³/mol. The molecule has 1 amide bonds. The van der Waals surface area contributed by atoms with E-state index in [2.05, 4.69) is 10.1 Å². The maximum absolute atomic E-state index is 12.2. The van der Waals surface area contributed by atoms with Crippen LogP contribution in [0.3, 0.4) is 0 Å². The minimum Gasteiger partial charge on any atom is -0.506 e. The van der Waals surface area contributed by atoms with Crippen LogP contribution >= 0.6 is 0 Å². The Bertz CT molecular complexity index is 818. The molecule has 0 aliphatic carbocycles. The van der Waals surface area contributed by atoms with Crippen LogP contribution in [0.2, 0.25) is 0 Å². The van der Waals surface area contributed by atoms with Crippen LogP contribution in [0.5, 0.6) is 17.2 Å². The molecule has 27 heavy (non-hydrogen) atoms. The van der Waals surface area contributed by atoms with Gasteiger partial charge in [0.05, 0.1) is 32.1 Å². The number of carbonyl (C=O) groups excluding carboxylic acids is 2. The molecule has 0 aliphatic heterocycles. The summed E-state index contributed by atoms with van der Waals surface area (Å²) in [6.45, 7) is 2.43. The summed E-state index contributed by atoms with van der Waals surface area (Å²) < 4.78 is 15.4. The maximum atomic E-state index is 12.2. The van der Waals surface area contributed by atoms with E-state index in [0.29, 0.717) is 24.5 Å². The van der Waals surface area contributed by atoms with Gasteiger partial charge in [-0.15, -0.1) is 0 Å². The van der Waals surface area contributed by atoms with Crippen LogP contribution in [0.25, 0.3) is 0 Å². The molecule has 0 heterocycles. The highest BCUT2D eigenvalue weighted by molar-refractivity contribution is 5.95. The Kier molecular flexibility index (Phi) is 7.05. The van der Waals surface area contributed by atoms with Crippen LogP contribution in [-0.4, -0.2) is 37.8 Å². The third-order valence-corrected chi connectivity index (χ3v) is 3.86. The fraction of sp³-hybridized carbons (Fsp3) is 0.300. The van der Waals surface area contributed by atoms with E-state index in [0.717, 1.165) is 5.56 Å². The smallest absolute Gasteiger partial charge is 0.337 e. The molecular formula is C20H23NO6. The van der Waals surface area contributed by atoms with Crippen molar-refractivity contribution in [2.24, 2.45) is 0 Å². The number of hydrogen-bond acceptors (Lipinski definition) is 6.